The quantitative estimate of drug-likeness (QED) is 0.571. The SMILES string of the molecule is C[C@H]1CCCC[C@@]12NC(=O)N(CC(=O)OCC(=O)Nc1cc(F)ccc1F)C2=O. The first kappa shape index (κ1) is 20.7. The third-order valence-electron chi connectivity index (χ3n) is 5.36. The second kappa shape index (κ2) is 8.14. The molecule has 8 nitrogen and oxygen atoms in total. The maximum Gasteiger partial charge on any atom is 0.326 e. The first-order valence-electron chi connectivity index (χ1n) is 9.27. The van der Waals surface area contributed by atoms with E-state index < -0.39 is 59.8 Å². The van der Waals surface area contributed by atoms with Gasteiger partial charge in [0.15, 0.2) is 6.61 Å². The van der Waals surface area contributed by atoms with Gasteiger partial charge in [0, 0.05) is 6.07 Å². The molecule has 0 unspecified atom stereocenters. The number of carbonyl (C=O) groups is 4. The summed E-state index contributed by atoms with van der Waals surface area (Å²) in [6.07, 6.45) is 3.06. The molecule has 1 saturated heterocycles. The van der Waals surface area contributed by atoms with Gasteiger partial charge in [0.1, 0.15) is 23.7 Å². The molecule has 1 aromatic carbocycles. The molecule has 1 aromatic rings. The summed E-state index contributed by atoms with van der Waals surface area (Å²) < 4.78 is 31.4. The van der Waals surface area contributed by atoms with E-state index in [0.29, 0.717) is 6.42 Å². The van der Waals surface area contributed by atoms with Crippen molar-refractivity contribution in [3.63, 3.8) is 0 Å². The minimum absolute atomic E-state index is 0.0549. The molecule has 2 fully saturated rings. The van der Waals surface area contributed by atoms with Gasteiger partial charge in [0.05, 0.1) is 5.69 Å². The van der Waals surface area contributed by atoms with Gasteiger partial charge in [-0.1, -0.05) is 19.8 Å². The molecule has 0 bridgehead atoms. The second-order valence-electron chi connectivity index (χ2n) is 7.27. The van der Waals surface area contributed by atoms with Crippen molar-refractivity contribution in [3.8, 4) is 0 Å². The zero-order chi connectivity index (χ0) is 21.2. The summed E-state index contributed by atoms with van der Waals surface area (Å²) in [5.74, 6) is -3.99. The van der Waals surface area contributed by atoms with Crippen molar-refractivity contribution < 1.29 is 32.7 Å². The maximum absolute atomic E-state index is 13.5. The highest BCUT2D eigenvalue weighted by atomic mass is 19.1. The van der Waals surface area contributed by atoms with Crippen LogP contribution in [0.1, 0.15) is 32.6 Å². The van der Waals surface area contributed by atoms with E-state index in [1.165, 1.54) is 0 Å². The average molecular weight is 409 g/mol. The molecule has 4 amide bonds. The Morgan fingerprint density at radius 1 is 1.31 bits per heavy atom. The number of amides is 4. The molecule has 1 aliphatic carbocycles. The van der Waals surface area contributed by atoms with Gasteiger partial charge in [-0.2, -0.15) is 0 Å². The van der Waals surface area contributed by atoms with E-state index in [1.54, 1.807) is 0 Å². The Labute approximate surface area is 165 Å². The van der Waals surface area contributed by atoms with Gasteiger partial charge in [-0.3, -0.25) is 19.3 Å². The molecule has 10 heteroatoms. The molecule has 3 rings (SSSR count). The molecule has 2 atom stereocenters. The molecule has 2 aliphatic rings. The number of rotatable bonds is 5. The fourth-order valence-corrected chi connectivity index (χ4v) is 3.74. The molecule has 1 spiro atoms. The Bertz CT molecular complexity index is 862. The van der Waals surface area contributed by atoms with Crippen molar-refractivity contribution in [1.82, 2.24) is 10.2 Å². The standard InChI is InChI=1S/C19H21F2N3O5/c1-11-4-2-3-7-19(11)17(27)24(18(28)23-19)9-16(26)29-10-15(25)22-14-8-12(20)5-6-13(14)21/h5-6,8,11H,2-4,7,9-10H2,1H3,(H,22,25)(H,23,28)/t11-,19+/m0/s1. The van der Waals surface area contributed by atoms with Gasteiger partial charge >= 0.3 is 12.0 Å². The monoisotopic (exact) mass is 409 g/mol. The molecule has 1 saturated carbocycles. The molecule has 2 N–H and O–H groups in total. The molecule has 29 heavy (non-hydrogen) atoms. The summed E-state index contributed by atoms with van der Waals surface area (Å²) in [5.41, 5.74) is -1.39. The number of carbonyl (C=O) groups excluding carboxylic acids is 4. The summed E-state index contributed by atoms with van der Waals surface area (Å²) in [4.78, 5) is 49.6. The molecule has 156 valence electrons. The highest BCUT2D eigenvalue weighted by Crippen LogP contribution is 2.38. The van der Waals surface area contributed by atoms with Crippen LogP contribution in [0.3, 0.4) is 0 Å². The number of hydrogen-bond donors (Lipinski definition) is 2. The number of urea groups is 1. The van der Waals surface area contributed by atoms with Crippen LogP contribution in [0.4, 0.5) is 19.3 Å². The van der Waals surface area contributed by atoms with Crippen molar-refractivity contribution in [3.05, 3.63) is 29.8 Å². The highest BCUT2D eigenvalue weighted by molar-refractivity contribution is 6.09. The van der Waals surface area contributed by atoms with Crippen LogP contribution in [0.15, 0.2) is 18.2 Å². The maximum atomic E-state index is 13.5. The Hall–Kier alpha value is -3.04. The lowest BCUT2D eigenvalue weighted by Gasteiger charge is -2.36. The Balaban J connectivity index is 1.54. The van der Waals surface area contributed by atoms with Crippen molar-refractivity contribution in [2.75, 3.05) is 18.5 Å². The van der Waals surface area contributed by atoms with Crippen LogP contribution >= 0.6 is 0 Å². The number of nitrogens with zero attached hydrogens (tertiary/aromatic N) is 1. The predicted molar refractivity (Wildman–Crippen MR) is 96.6 cm³/mol. The largest absolute Gasteiger partial charge is 0.454 e. The number of anilines is 1. The van der Waals surface area contributed by atoms with Crippen LogP contribution in [0, 0.1) is 17.6 Å². The zero-order valence-corrected chi connectivity index (χ0v) is 15.8. The molecule has 1 heterocycles. The average Bonchev–Trinajstić information content (AvgIpc) is 2.90. The number of imide groups is 1. The van der Waals surface area contributed by atoms with Gasteiger partial charge in [-0.25, -0.2) is 13.6 Å². The molecular weight excluding hydrogens is 388 g/mol. The van der Waals surface area contributed by atoms with Crippen LogP contribution in [0.2, 0.25) is 0 Å². The number of ether oxygens (including phenoxy) is 1. The molecule has 0 aromatic heterocycles. The van der Waals surface area contributed by atoms with Crippen molar-refractivity contribution in [2.24, 2.45) is 5.92 Å². The van der Waals surface area contributed by atoms with Crippen LogP contribution in [0.5, 0.6) is 0 Å². The van der Waals surface area contributed by atoms with E-state index >= 15 is 0 Å². The fraction of sp³-hybridized carbons (Fsp3) is 0.474. The summed E-state index contributed by atoms with van der Waals surface area (Å²) in [6.45, 7) is 0.468. The van der Waals surface area contributed by atoms with E-state index in [9.17, 15) is 28.0 Å². The smallest absolute Gasteiger partial charge is 0.326 e. The van der Waals surface area contributed by atoms with E-state index in [2.05, 4.69) is 10.6 Å². The van der Waals surface area contributed by atoms with Crippen LogP contribution < -0.4 is 10.6 Å². The second-order valence-corrected chi connectivity index (χ2v) is 7.27. The van der Waals surface area contributed by atoms with Gasteiger partial charge in [-0.15, -0.1) is 0 Å². The van der Waals surface area contributed by atoms with Gasteiger partial charge < -0.3 is 15.4 Å². The van der Waals surface area contributed by atoms with E-state index in [4.69, 9.17) is 4.74 Å². The summed E-state index contributed by atoms with van der Waals surface area (Å²) >= 11 is 0. The first-order chi connectivity index (χ1) is 13.7. The van der Waals surface area contributed by atoms with Gasteiger partial charge in [-0.05, 0) is 30.9 Å². The summed E-state index contributed by atoms with van der Waals surface area (Å²) in [7, 11) is 0. The lowest BCUT2D eigenvalue weighted by molar-refractivity contribution is -0.150. The van der Waals surface area contributed by atoms with Gasteiger partial charge in [0.2, 0.25) is 0 Å². The lowest BCUT2D eigenvalue weighted by atomic mass is 9.73. The Kier molecular flexibility index (Phi) is 5.81. The molecular formula is C19H21F2N3O5. The Morgan fingerprint density at radius 3 is 2.79 bits per heavy atom. The minimum atomic E-state index is -0.998. The number of nitrogens with one attached hydrogen (secondary N) is 2. The Morgan fingerprint density at radius 2 is 2.07 bits per heavy atom. The van der Waals surface area contributed by atoms with Crippen LogP contribution in [-0.4, -0.2) is 47.4 Å². The van der Waals surface area contributed by atoms with E-state index in [1.807, 2.05) is 6.92 Å². The van der Waals surface area contributed by atoms with E-state index in [-0.39, 0.29) is 5.92 Å². The lowest BCUT2D eigenvalue weighted by Crippen LogP contribution is -2.54. The fourth-order valence-electron chi connectivity index (χ4n) is 3.74. The van der Waals surface area contributed by atoms with Crippen molar-refractivity contribution in [2.45, 2.75) is 38.1 Å². The van der Waals surface area contributed by atoms with Crippen molar-refractivity contribution in [1.29, 1.82) is 0 Å². The highest BCUT2D eigenvalue weighted by Gasteiger charge is 2.55. The summed E-state index contributed by atoms with van der Waals surface area (Å²) in [6, 6.07) is 1.85. The number of esters is 1. The first-order valence-corrected chi connectivity index (χ1v) is 9.27. The third-order valence-corrected chi connectivity index (χ3v) is 5.36. The van der Waals surface area contributed by atoms with Crippen LogP contribution in [0.25, 0.3) is 0 Å². The van der Waals surface area contributed by atoms with Crippen LogP contribution in [-0.2, 0) is 19.1 Å². The zero-order valence-electron chi connectivity index (χ0n) is 15.8. The normalized spacial score (nSPS) is 23.8. The van der Waals surface area contributed by atoms with E-state index in [0.717, 1.165) is 42.4 Å². The molecule has 0 radical (unpaired) electrons. The topological polar surface area (TPSA) is 105 Å². The van der Waals surface area contributed by atoms with Crippen molar-refractivity contribution >= 4 is 29.5 Å². The minimum Gasteiger partial charge on any atom is -0.454 e. The third kappa shape index (κ3) is 4.20. The number of halogens is 2. The predicted octanol–water partition coefficient (Wildman–Crippen LogP) is 1.95. The molecule has 1 aliphatic heterocycles. The summed E-state index contributed by atoms with van der Waals surface area (Å²) in [5, 5.41) is 4.79. The van der Waals surface area contributed by atoms with Gasteiger partial charge in [0.25, 0.3) is 11.8 Å². The number of benzene rings is 1. The number of hydrogen-bond acceptors (Lipinski definition) is 5.